The van der Waals surface area contributed by atoms with Crippen LogP contribution >= 0.6 is 0 Å². The molecule has 152 valence electrons. The summed E-state index contributed by atoms with van der Waals surface area (Å²) in [5.74, 6) is 1.96. The van der Waals surface area contributed by atoms with Gasteiger partial charge in [-0.2, -0.15) is 0 Å². The number of carbonyl (C=O) groups excluding carboxylic acids is 1. The van der Waals surface area contributed by atoms with Crippen molar-refractivity contribution in [2.75, 3.05) is 32.7 Å². The van der Waals surface area contributed by atoms with Gasteiger partial charge in [-0.15, -0.1) is 0 Å². The summed E-state index contributed by atoms with van der Waals surface area (Å²) >= 11 is 0. The van der Waals surface area contributed by atoms with Gasteiger partial charge in [-0.1, -0.05) is 26.0 Å². The van der Waals surface area contributed by atoms with Crippen LogP contribution in [0.5, 0.6) is 11.5 Å². The molecule has 4 heteroatoms. The molecule has 4 nitrogen and oxygen atoms in total. The number of ether oxygens (including phenoxy) is 2. The first-order chi connectivity index (χ1) is 14.0. The van der Waals surface area contributed by atoms with Crippen molar-refractivity contribution in [3.63, 3.8) is 0 Å². The van der Waals surface area contributed by atoms with Gasteiger partial charge in [0.15, 0.2) is 0 Å². The van der Waals surface area contributed by atoms with Crippen LogP contribution in [0.1, 0.15) is 37.0 Å². The summed E-state index contributed by atoms with van der Waals surface area (Å²) in [5.41, 5.74) is 6.25. The van der Waals surface area contributed by atoms with Crippen LogP contribution in [0.2, 0.25) is 0 Å². The van der Waals surface area contributed by atoms with Gasteiger partial charge >= 0.3 is 0 Å². The lowest BCUT2D eigenvalue weighted by molar-refractivity contribution is -0.104. The Morgan fingerprint density at radius 2 is 1.72 bits per heavy atom. The van der Waals surface area contributed by atoms with Gasteiger partial charge in [0.05, 0.1) is 14.2 Å². The number of allylic oxidation sites excluding steroid dienone is 1. The van der Waals surface area contributed by atoms with Crippen molar-refractivity contribution in [2.45, 2.75) is 20.3 Å². The zero-order chi connectivity index (χ0) is 21.0. The highest BCUT2D eigenvalue weighted by molar-refractivity contribution is 5.93. The molecule has 1 aliphatic rings. The number of hydrogen-bond acceptors (Lipinski definition) is 4. The topological polar surface area (TPSA) is 38.8 Å². The molecule has 2 aromatic carbocycles. The third kappa shape index (κ3) is 4.37. The van der Waals surface area contributed by atoms with E-state index in [2.05, 4.69) is 37.0 Å². The molecule has 1 heterocycles. The molecular formula is C25H29NO3. The zero-order valence-corrected chi connectivity index (χ0v) is 17.9. The molecule has 0 fully saturated rings. The van der Waals surface area contributed by atoms with Crippen molar-refractivity contribution in [1.82, 2.24) is 0 Å². The largest absolute Gasteiger partial charge is 0.497 e. The van der Waals surface area contributed by atoms with E-state index in [9.17, 15) is 4.79 Å². The average Bonchev–Trinajstić information content (AvgIpc) is 2.76. The van der Waals surface area contributed by atoms with E-state index >= 15 is 0 Å². The van der Waals surface area contributed by atoms with Crippen LogP contribution in [-0.4, -0.2) is 34.1 Å². The lowest BCUT2D eigenvalue weighted by atomic mass is 9.87. The third-order valence-corrected chi connectivity index (χ3v) is 5.59. The molecule has 0 aliphatic carbocycles. The summed E-state index contributed by atoms with van der Waals surface area (Å²) in [4.78, 5) is 13.9. The Kier molecular flexibility index (Phi) is 6.42. The predicted octanol–water partition coefficient (Wildman–Crippen LogP) is 5.32. The Labute approximate surface area is 173 Å². The highest BCUT2D eigenvalue weighted by Crippen LogP contribution is 2.38. The van der Waals surface area contributed by atoms with Gasteiger partial charge in [0.2, 0.25) is 0 Å². The van der Waals surface area contributed by atoms with Crippen LogP contribution in [0.25, 0.3) is 17.7 Å². The minimum Gasteiger partial charge on any atom is -0.497 e. The second-order valence-electron chi connectivity index (χ2n) is 7.48. The van der Waals surface area contributed by atoms with E-state index in [4.69, 9.17) is 9.47 Å². The molecule has 0 bridgehead atoms. The fourth-order valence-corrected chi connectivity index (χ4v) is 3.68. The van der Waals surface area contributed by atoms with Gasteiger partial charge in [0.25, 0.3) is 0 Å². The lowest BCUT2D eigenvalue weighted by Gasteiger charge is -2.27. The third-order valence-electron chi connectivity index (χ3n) is 5.59. The Bertz CT molecular complexity index is 959. The Balaban J connectivity index is 2.33. The average molecular weight is 392 g/mol. The van der Waals surface area contributed by atoms with Crippen molar-refractivity contribution in [3.05, 3.63) is 58.7 Å². The smallest absolute Gasteiger partial charge is 0.147 e. The van der Waals surface area contributed by atoms with Crippen LogP contribution in [0.3, 0.4) is 0 Å². The first-order valence-electron chi connectivity index (χ1n) is 9.95. The molecule has 29 heavy (non-hydrogen) atoms. The summed E-state index contributed by atoms with van der Waals surface area (Å²) in [7, 11) is 5.34. The Morgan fingerprint density at radius 1 is 1.03 bits per heavy atom. The molecule has 0 spiro atoms. The van der Waals surface area contributed by atoms with Crippen LogP contribution in [0, 0.1) is 5.92 Å². The van der Waals surface area contributed by atoms with E-state index in [0.29, 0.717) is 18.0 Å². The minimum atomic E-state index is 0.374. The molecule has 0 amide bonds. The van der Waals surface area contributed by atoms with E-state index in [1.807, 2.05) is 37.4 Å². The molecule has 0 radical (unpaired) electrons. The Morgan fingerprint density at radius 3 is 2.38 bits per heavy atom. The molecule has 3 rings (SSSR count). The van der Waals surface area contributed by atoms with Crippen LogP contribution < -0.4 is 14.4 Å². The first-order valence-corrected chi connectivity index (χ1v) is 9.95. The molecule has 2 aromatic rings. The monoisotopic (exact) mass is 391 g/mol. The fraction of sp³-hybridized carbons (Fsp3) is 0.320. The van der Waals surface area contributed by atoms with E-state index in [1.54, 1.807) is 14.2 Å². The number of fused-ring (bicyclic) bond motifs is 2. The summed E-state index contributed by atoms with van der Waals surface area (Å²) in [6.45, 7) is 4.96. The summed E-state index contributed by atoms with van der Waals surface area (Å²) in [6.07, 6.45) is 6.16. The summed E-state index contributed by atoms with van der Waals surface area (Å²) in [5, 5.41) is 0. The SMILES string of the molecule is CCC(C)/C1=C\c2ccc(OC)cc2/C=C(/C=O)CN(C)c2cc(OC)ccc21. The molecule has 1 aliphatic heterocycles. The van der Waals surface area contributed by atoms with Gasteiger partial charge in [-0.25, -0.2) is 0 Å². The minimum absolute atomic E-state index is 0.374. The quantitative estimate of drug-likeness (QED) is 0.647. The maximum Gasteiger partial charge on any atom is 0.147 e. The van der Waals surface area contributed by atoms with E-state index in [-0.39, 0.29) is 0 Å². The summed E-state index contributed by atoms with van der Waals surface area (Å²) in [6, 6.07) is 12.2. The maximum absolute atomic E-state index is 11.8. The number of anilines is 1. The lowest BCUT2D eigenvalue weighted by Crippen LogP contribution is -2.22. The van der Waals surface area contributed by atoms with Crippen molar-refractivity contribution in [2.24, 2.45) is 5.92 Å². The predicted molar refractivity (Wildman–Crippen MR) is 121 cm³/mol. The number of hydrogen-bond donors (Lipinski definition) is 0. The van der Waals surface area contributed by atoms with Crippen molar-refractivity contribution in [3.8, 4) is 11.5 Å². The van der Waals surface area contributed by atoms with Crippen LogP contribution in [0.15, 0.2) is 42.0 Å². The van der Waals surface area contributed by atoms with E-state index in [1.165, 1.54) is 5.57 Å². The molecule has 0 saturated heterocycles. The molecule has 0 N–H and O–H groups in total. The highest BCUT2D eigenvalue weighted by Gasteiger charge is 2.19. The normalized spacial score (nSPS) is 18.3. The number of likely N-dealkylation sites (N-methyl/N-ethyl adjacent to an activating group) is 1. The van der Waals surface area contributed by atoms with Gasteiger partial charge in [-0.05, 0) is 59.4 Å². The number of methoxy groups -OCH3 is 2. The fourth-order valence-electron chi connectivity index (χ4n) is 3.68. The summed E-state index contributed by atoms with van der Waals surface area (Å²) < 4.78 is 10.9. The number of nitrogens with zero attached hydrogens (tertiary/aromatic N) is 1. The molecular weight excluding hydrogens is 362 g/mol. The molecule has 1 atom stereocenters. The number of benzene rings is 2. The Hall–Kier alpha value is -3.01. The maximum atomic E-state index is 11.8. The van der Waals surface area contributed by atoms with Gasteiger partial charge in [-0.3, -0.25) is 4.79 Å². The van der Waals surface area contributed by atoms with E-state index < -0.39 is 0 Å². The second-order valence-corrected chi connectivity index (χ2v) is 7.48. The standard InChI is InChI=1S/C25H29NO3/c1-6-17(2)24-13-19-7-8-21(28-4)12-20(19)11-18(16-27)15-26(3)25-14-22(29-5)9-10-23(24)25/h7-14,16-17H,6,15H2,1-5H3/b18-11+,24-13+. The number of carbonyl (C=O) groups is 1. The number of rotatable bonds is 5. The second kappa shape index (κ2) is 8.99. The van der Waals surface area contributed by atoms with Crippen LogP contribution in [0.4, 0.5) is 5.69 Å². The van der Waals surface area contributed by atoms with Crippen molar-refractivity contribution in [1.29, 1.82) is 0 Å². The molecule has 0 saturated carbocycles. The zero-order valence-electron chi connectivity index (χ0n) is 17.9. The number of aldehydes is 1. The van der Waals surface area contributed by atoms with Crippen molar-refractivity contribution >= 4 is 29.7 Å². The van der Waals surface area contributed by atoms with Crippen LogP contribution in [-0.2, 0) is 4.79 Å². The van der Waals surface area contributed by atoms with E-state index in [0.717, 1.165) is 46.6 Å². The molecule has 1 unspecified atom stereocenters. The van der Waals surface area contributed by atoms with Gasteiger partial charge in [0, 0.05) is 36.5 Å². The first kappa shape index (κ1) is 20.7. The molecule has 0 aromatic heterocycles. The highest BCUT2D eigenvalue weighted by atomic mass is 16.5. The van der Waals surface area contributed by atoms with Gasteiger partial charge < -0.3 is 14.4 Å². The van der Waals surface area contributed by atoms with Gasteiger partial charge in [0.1, 0.15) is 17.8 Å². The van der Waals surface area contributed by atoms with Crippen molar-refractivity contribution < 1.29 is 14.3 Å².